The van der Waals surface area contributed by atoms with Crippen LogP contribution in [0, 0.1) is 22.7 Å². The summed E-state index contributed by atoms with van der Waals surface area (Å²) in [6.45, 7) is 7.43. The van der Waals surface area contributed by atoms with E-state index in [1.807, 2.05) is 12.2 Å². The van der Waals surface area contributed by atoms with Crippen LogP contribution in [0.1, 0.15) is 38.5 Å². The molecule has 1 saturated carbocycles. The lowest BCUT2D eigenvalue weighted by Gasteiger charge is -2.30. The minimum Gasteiger partial charge on any atom is -0.298 e. The van der Waals surface area contributed by atoms with Crippen molar-refractivity contribution in [1.82, 2.24) is 0 Å². The number of Topliss-reactive ketones (excluding diaryl/α,β-unsaturated/α-hetero) is 1. The first-order valence-corrected chi connectivity index (χ1v) is 5.84. The van der Waals surface area contributed by atoms with E-state index in [0.717, 1.165) is 32.1 Å². The van der Waals surface area contributed by atoms with E-state index >= 15 is 0 Å². The maximum absolute atomic E-state index is 11.7. The van der Waals surface area contributed by atoms with Gasteiger partial charge in [-0.05, 0) is 37.5 Å². The summed E-state index contributed by atoms with van der Waals surface area (Å²) in [6, 6.07) is 2.20. The van der Waals surface area contributed by atoms with E-state index < -0.39 is 5.92 Å². The Balaban J connectivity index is 2.84. The summed E-state index contributed by atoms with van der Waals surface area (Å²) >= 11 is 0. The number of rotatable bonds is 6. The molecule has 1 aliphatic rings. The van der Waals surface area contributed by atoms with Gasteiger partial charge in [0.25, 0.3) is 0 Å². The maximum Gasteiger partial charge on any atom is 0.150 e. The summed E-state index contributed by atoms with van der Waals surface area (Å²) in [6.07, 6.45) is 8.70. The van der Waals surface area contributed by atoms with E-state index in [9.17, 15) is 4.79 Å². The molecule has 0 N–H and O–H groups in total. The van der Waals surface area contributed by atoms with Crippen molar-refractivity contribution in [3.8, 4) is 6.07 Å². The van der Waals surface area contributed by atoms with Gasteiger partial charge in [-0.15, -0.1) is 13.2 Å². The van der Waals surface area contributed by atoms with Gasteiger partial charge in [0.05, 0.1) is 6.07 Å². The molecule has 0 bridgehead atoms. The van der Waals surface area contributed by atoms with Crippen LogP contribution >= 0.6 is 0 Å². The average Bonchev–Trinajstić information content (AvgIpc) is 2.61. The van der Waals surface area contributed by atoms with Crippen molar-refractivity contribution in [3.63, 3.8) is 0 Å². The third-order valence-electron chi connectivity index (χ3n) is 3.63. The molecule has 16 heavy (non-hydrogen) atoms. The van der Waals surface area contributed by atoms with Crippen LogP contribution in [0.2, 0.25) is 0 Å². The second kappa shape index (κ2) is 5.65. The molecule has 0 heterocycles. The van der Waals surface area contributed by atoms with Crippen LogP contribution in [0.15, 0.2) is 25.3 Å². The highest BCUT2D eigenvalue weighted by atomic mass is 16.1. The molecule has 0 radical (unpaired) electrons. The number of allylic oxidation sites excluding steroid dienone is 2. The molecule has 0 aromatic rings. The van der Waals surface area contributed by atoms with E-state index in [2.05, 4.69) is 19.2 Å². The summed E-state index contributed by atoms with van der Waals surface area (Å²) in [5.41, 5.74) is -0.117. The van der Waals surface area contributed by atoms with Gasteiger partial charge in [-0.3, -0.25) is 4.79 Å². The highest BCUT2D eigenvalue weighted by Crippen LogP contribution is 2.48. The number of hydrogen-bond acceptors (Lipinski definition) is 2. The normalized spacial score (nSPS) is 22.7. The zero-order valence-electron chi connectivity index (χ0n) is 9.74. The molecule has 0 saturated heterocycles. The lowest BCUT2D eigenvalue weighted by Crippen LogP contribution is -2.27. The van der Waals surface area contributed by atoms with Crippen LogP contribution in [-0.4, -0.2) is 5.78 Å². The summed E-state index contributed by atoms with van der Waals surface area (Å²) in [4.78, 5) is 11.7. The molecule has 0 aromatic heterocycles. The van der Waals surface area contributed by atoms with E-state index in [0.29, 0.717) is 6.42 Å². The van der Waals surface area contributed by atoms with Crippen LogP contribution in [0.25, 0.3) is 0 Å². The fourth-order valence-electron chi connectivity index (χ4n) is 2.65. The number of ketones is 1. The number of nitriles is 1. The van der Waals surface area contributed by atoms with Crippen molar-refractivity contribution in [2.45, 2.75) is 38.5 Å². The number of carbonyl (C=O) groups is 1. The number of hydrogen-bond donors (Lipinski definition) is 0. The van der Waals surface area contributed by atoms with Gasteiger partial charge in [-0.1, -0.05) is 12.2 Å². The van der Waals surface area contributed by atoms with Crippen molar-refractivity contribution in [1.29, 1.82) is 5.26 Å². The molecule has 0 amide bonds. The van der Waals surface area contributed by atoms with Gasteiger partial charge in [0.1, 0.15) is 5.92 Å². The smallest absolute Gasteiger partial charge is 0.150 e. The van der Waals surface area contributed by atoms with Crippen molar-refractivity contribution in [2.75, 3.05) is 0 Å². The van der Waals surface area contributed by atoms with Gasteiger partial charge in [0.2, 0.25) is 0 Å². The Morgan fingerprint density at radius 1 is 1.38 bits per heavy atom. The zero-order chi connectivity index (χ0) is 12.0. The molecule has 2 heteroatoms. The molecule has 0 aromatic carbocycles. The highest BCUT2D eigenvalue weighted by molar-refractivity contribution is 5.86. The van der Waals surface area contributed by atoms with Gasteiger partial charge in [0, 0.05) is 6.42 Å². The summed E-state index contributed by atoms with van der Waals surface area (Å²) < 4.78 is 0. The average molecular weight is 217 g/mol. The standard InChI is InChI=1S/C14H19NO/c1-3-5-8-14(9-6-4-2)10-7-13(16)12(14)11-15/h3-4,12H,1-2,5-10H2. The molecular formula is C14H19NO. The van der Waals surface area contributed by atoms with Crippen molar-refractivity contribution >= 4 is 5.78 Å². The Hall–Kier alpha value is -1.36. The van der Waals surface area contributed by atoms with Gasteiger partial charge < -0.3 is 0 Å². The Bertz CT molecular complexity index is 312. The highest BCUT2D eigenvalue weighted by Gasteiger charge is 2.46. The number of nitrogens with zero attached hydrogens (tertiary/aromatic N) is 1. The van der Waals surface area contributed by atoms with Gasteiger partial charge in [-0.25, -0.2) is 0 Å². The first-order valence-electron chi connectivity index (χ1n) is 5.84. The lowest BCUT2D eigenvalue weighted by atomic mass is 9.71. The van der Waals surface area contributed by atoms with Crippen LogP contribution in [0.4, 0.5) is 0 Å². The van der Waals surface area contributed by atoms with Gasteiger partial charge in [0.15, 0.2) is 5.78 Å². The fourth-order valence-corrected chi connectivity index (χ4v) is 2.65. The summed E-state index contributed by atoms with van der Waals surface area (Å²) in [7, 11) is 0. The number of carbonyl (C=O) groups excluding carboxylic acids is 1. The SMILES string of the molecule is C=CCCC1(CCC=C)CCC(=O)C1C#N. The van der Waals surface area contributed by atoms with Crippen molar-refractivity contribution in [3.05, 3.63) is 25.3 Å². The molecule has 1 aliphatic carbocycles. The van der Waals surface area contributed by atoms with Gasteiger partial charge in [-0.2, -0.15) is 5.26 Å². The molecule has 0 aliphatic heterocycles. The molecule has 1 atom stereocenters. The van der Waals surface area contributed by atoms with Gasteiger partial charge >= 0.3 is 0 Å². The Kier molecular flexibility index (Phi) is 4.49. The summed E-state index contributed by atoms with van der Waals surface area (Å²) in [5, 5.41) is 9.15. The van der Waals surface area contributed by atoms with Crippen LogP contribution in [-0.2, 0) is 4.79 Å². The molecular weight excluding hydrogens is 198 g/mol. The second-order valence-corrected chi connectivity index (χ2v) is 4.55. The first-order chi connectivity index (χ1) is 7.70. The van der Waals surface area contributed by atoms with Crippen LogP contribution in [0.3, 0.4) is 0 Å². The molecule has 1 fully saturated rings. The molecule has 2 nitrogen and oxygen atoms in total. The summed E-state index contributed by atoms with van der Waals surface area (Å²) in [5.74, 6) is -0.289. The van der Waals surface area contributed by atoms with E-state index in [1.165, 1.54) is 0 Å². The van der Waals surface area contributed by atoms with Crippen molar-refractivity contribution < 1.29 is 4.79 Å². The van der Waals surface area contributed by atoms with Crippen LogP contribution in [0.5, 0.6) is 0 Å². The topological polar surface area (TPSA) is 40.9 Å². The van der Waals surface area contributed by atoms with E-state index in [-0.39, 0.29) is 11.2 Å². The molecule has 0 spiro atoms. The lowest BCUT2D eigenvalue weighted by molar-refractivity contribution is -0.120. The Morgan fingerprint density at radius 2 is 1.94 bits per heavy atom. The predicted octanol–water partition coefficient (Wildman–Crippen LogP) is 3.41. The maximum atomic E-state index is 11.7. The fraction of sp³-hybridized carbons (Fsp3) is 0.571. The van der Waals surface area contributed by atoms with E-state index in [1.54, 1.807) is 0 Å². The zero-order valence-corrected chi connectivity index (χ0v) is 9.74. The largest absolute Gasteiger partial charge is 0.298 e. The molecule has 86 valence electrons. The van der Waals surface area contributed by atoms with Crippen molar-refractivity contribution in [2.24, 2.45) is 11.3 Å². The first kappa shape index (κ1) is 12.7. The Labute approximate surface area is 97.7 Å². The quantitative estimate of drug-likeness (QED) is 0.640. The third-order valence-corrected chi connectivity index (χ3v) is 3.63. The monoisotopic (exact) mass is 217 g/mol. The molecule has 1 unspecified atom stereocenters. The molecule has 1 rings (SSSR count). The Morgan fingerprint density at radius 3 is 2.38 bits per heavy atom. The van der Waals surface area contributed by atoms with Crippen LogP contribution < -0.4 is 0 Å². The predicted molar refractivity (Wildman–Crippen MR) is 64.6 cm³/mol. The third kappa shape index (κ3) is 2.41. The minimum absolute atomic E-state index is 0.117. The second-order valence-electron chi connectivity index (χ2n) is 4.55. The minimum atomic E-state index is -0.410. The van der Waals surface area contributed by atoms with E-state index in [4.69, 9.17) is 5.26 Å².